The van der Waals surface area contributed by atoms with Crippen molar-refractivity contribution in [3.63, 3.8) is 0 Å². The van der Waals surface area contributed by atoms with Gasteiger partial charge in [-0.15, -0.1) is 0 Å². The molecule has 2 rings (SSSR count). The highest BCUT2D eigenvalue weighted by Crippen LogP contribution is 2.20. The van der Waals surface area contributed by atoms with Crippen LogP contribution < -0.4 is 5.32 Å². The number of ether oxygens (including phenoxy) is 1. The van der Waals surface area contributed by atoms with Gasteiger partial charge in [-0.3, -0.25) is 14.9 Å². The maximum Gasteiger partial charge on any atom is 0.339 e. The Kier molecular flexibility index (Phi) is 5.89. The molecule has 1 fully saturated rings. The van der Waals surface area contributed by atoms with Gasteiger partial charge in [0.2, 0.25) is 0 Å². The van der Waals surface area contributed by atoms with Gasteiger partial charge in [0.05, 0.1) is 10.5 Å². The minimum atomic E-state index is -0.945. The molecule has 0 aromatic heterocycles. The molecular formula is C17H22N2O5. The molecule has 1 aromatic rings. The standard InChI is InChI=1S/C17H22N2O5/c1-11-8-9-13(10-15(11)19(22)23)17(21)24-12(2)16(20)18-14-6-4-3-5-7-14/h8-10,12,14H,3-7H2,1-2H3,(H,18,20)/t12-/m0/s1. The number of hydrogen-bond donors (Lipinski definition) is 1. The van der Waals surface area contributed by atoms with Gasteiger partial charge in [0, 0.05) is 17.7 Å². The minimum absolute atomic E-state index is 0.0598. The highest BCUT2D eigenvalue weighted by atomic mass is 16.6. The van der Waals surface area contributed by atoms with E-state index in [1.807, 2.05) is 0 Å². The van der Waals surface area contributed by atoms with Crippen molar-refractivity contribution in [1.82, 2.24) is 5.32 Å². The Morgan fingerprint density at radius 3 is 2.58 bits per heavy atom. The molecule has 1 atom stereocenters. The fourth-order valence-corrected chi connectivity index (χ4v) is 2.78. The lowest BCUT2D eigenvalue weighted by Gasteiger charge is -2.24. The SMILES string of the molecule is Cc1ccc(C(=O)O[C@@H](C)C(=O)NC2CCCCC2)cc1[N+](=O)[O-]. The van der Waals surface area contributed by atoms with E-state index in [1.54, 1.807) is 6.92 Å². The summed E-state index contributed by atoms with van der Waals surface area (Å²) < 4.78 is 5.14. The van der Waals surface area contributed by atoms with E-state index in [0.717, 1.165) is 25.7 Å². The van der Waals surface area contributed by atoms with Crippen molar-refractivity contribution in [3.05, 3.63) is 39.4 Å². The molecule has 0 heterocycles. The number of amides is 1. The van der Waals surface area contributed by atoms with Crippen molar-refractivity contribution in [3.8, 4) is 0 Å². The van der Waals surface area contributed by atoms with E-state index < -0.39 is 17.0 Å². The fraction of sp³-hybridized carbons (Fsp3) is 0.529. The Balaban J connectivity index is 1.96. The quantitative estimate of drug-likeness (QED) is 0.507. The molecule has 1 N–H and O–H groups in total. The first-order chi connectivity index (χ1) is 11.4. The second-order valence-electron chi connectivity index (χ2n) is 6.15. The molecule has 0 aliphatic heterocycles. The molecule has 7 heteroatoms. The van der Waals surface area contributed by atoms with E-state index in [9.17, 15) is 19.7 Å². The van der Waals surface area contributed by atoms with Crippen molar-refractivity contribution in [2.75, 3.05) is 0 Å². The van der Waals surface area contributed by atoms with Crippen LogP contribution in [0.2, 0.25) is 0 Å². The largest absolute Gasteiger partial charge is 0.449 e. The van der Waals surface area contributed by atoms with Crippen LogP contribution in [0, 0.1) is 17.0 Å². The average molecular weight is 334 g/mol. The number of carbonyl (C=O) groups excluding carboxylic acids is 2. The van der Waals surface area contributed by atoms with Crippen molar-refractivity contribution < 1.29 is 19.2 Å². The molecule has 0 spiro atoms. The molecule has 1 aliphatic carbocycles. The summed E-state index contributed by atoms with van der Waals surface area (Å²) in [7, 11) is 0. The lowest BCUT2D eigenvalue weighted by atomic mass is 9.95. The summed E-state index contributed by atoms with van der Waals surface area (Å²) >= 11 is 0. The summed E-state index contributed by atoms with van der Waals surface area (Å²) in [6.07, 6.45) is 4.30. The van der Waals surface area contributed by atoms with Crippen molar-refractivity contribution in [1.29, 1.82) is 0 Å². The minimum Gasteiger partial charge on any atom is -0.449 e. The van der Waals surface area contributed by atoms with Gasteiger partial charge >= 0.3 is 5.97 Å². The molecule has 130 valence electrons. The molecule has 0 unspecified atom stereocenters. The van der Waals surface area contributed by atoms with Crippen LogP contribution in [-0.4, -0.2) is 28.9 Å². The van der Waals surface area contributed by atoms with Gasteiger partial charge in [0.25, 0.3) is 11.6 Å². The first-order valence-electron chi connectivity index (χ1n) is 8.15. The van der Waals surface area contributed by atoms with E-state index in [1.165, 1.54) is 31.5 Å². The topological polar surface area (TPSA) is 98.5 Å². The molecule has 1 amide bonds. The predicted molar refractivity (Wildman–Crippen MR) is 87.7 cm³/mol. The van der Waals surface area contributed by atoms with Crippen LogP contribution in [0.25, 0.3) is 0 Å². The van der Waals surface area contributed by atoms with E-state index in [-0.39, 0.29) is 23.2 Å². The highest BCUT2D eigenvalue weighted by Gasteiger charge is 2.24. The third-order valence-electron chi connectivity index (χ3n) is 4.25. The number of carbonyl (C=O) groups is 2. The number of aryl methyl sites for hydroxylation is 1. The van der Waals surface area contributed by atoms with E-state index in [0.29, 0.717) is 5.56 Å². The number of benzene rings is 1. The number of nitrogens with zero attached hydrogens (tertiary/aromatic N) is 1. The lowest BCUT2D eigenvalue weighted by molar-refractivity contribution is -0.385. The molecule has 24 heavy (non-hydrogen) atoms. The molecule has 0 saturated heterocycles. The summed E-state index contributed by atoms with van der Waals surface area (Å²) in [5.41, 5.74) is 0.369. The van der Waals surface area contributed by atoms with Gasteiger partial charge in [0.1, 0.15) is 0 Å². The Morgan fingerprint density at radius 1 is 1.29 bits per heavy atom. The van der Waals surface area contributed by atoms with Gasteiger partial charge in [-0.05, 0) is 32.8 Å². The molecule has 1 aromatic carbocycles. The summed E-state index contributed by atoms with van der Waals surface area (Å²) in [4.78, 5) is 34.6. The maximum absolute atomic E-state index is 12.1. The number of nitro groups is 1. The second kappa shape index (κ2) is 7.90. The highest BCUT2D eigenvalue weighted by molar-refractivity contribution is 5.93. The molecule has 7 nitrogen and oxygen atoms in total. The van der Waals surface area contributed by atoms with E-state index in [2.05, 4.69) is 5.32 Å². The van der Waals surface area contributed by atoms with E-state index in [4.69, 9.17) is 4.74 Å². The maximum atomic E-state index is 12.1. The molecule has 1 aliphatic rings. The van der Waals surface area contributed by atoms with Crippen molar-refractivity contribution in [2.24, 2.45) is 0 Å². The third kappa shape index (κ3) is 4.53. The van der Waals surface area contributed by atoms with Crippen molar-refractivity contribution >= 4 is 17.6 Å². The number of nitro benzene ring substituents is 1. The van der Waals surface area contributed by atoms with Crippen LogP contribution in [0.1, 0.15) is 54.9 Å². The monoisotopic (exact) mass is 334 g/mol. The number of hydrogen-bond acceptors (Lipinski definition) is 5. The Bertz CT molecular complexity index is 638. The van der Waals surface area contributed by atoms with Gasteiger partial charge in [-0.1, -0.05) is 25.3 Å². The first kappa shape index (κ1) is 17.9. The van der Waals surface area contributed by atoms with Gasteiger partial charge < -0.3 is 10.1 Å². The Labute approximate surface area is 140 Å². The van der Waals surface area contributed by atoms with Gasteiger partial charge in [-0.2, -0.15) is 0 Å². The normalized spacial score (nSPS) is 16.2. The summed E-state index contributed by atoms with van der Waals surface area (Å²) in [6, 6.07) is 4.24. The summed E-state index contributed by atoms with van der Waals surface area (Å²) in [5.74, 6) is -1.08. The summed E-state index contributed by atoms with van der Waals surface area (Å²) in [6.45, 7) is 3.09. The first-order valence-corrected chi connectivity index (χ1v) is 8.15. The van der Waals surface area contributed by atoms with Crippen LogP contribution in [0.5, 0.6) is 0 Å². The zero-order chi connectivity index (χ0) is 17.7. The Morgan fingerprint density at radius 2 is 1.96 bits per heavy atom. The smallest absolute Gasteiger partial charge is 0.339 e. The third-order valence-corrected chi connectivity index (χ3v) is 4.25. The zero-order valence-electron chi connectivity index (χ0n) is 13.9. The second-order valence-corrected chi connectivity index (χ2v) is 6.15. The lowest BCUT2D eigenvalue weighted by Crippen LogP contribution is -2.42. The summed E-state index contributed by atoms with van der Waals surface area (Å²) in [5, 5.41) is 13.8. The van der Waals surface area contributed by atoms with Gasteiger partial charge in [-0.25, -0.2) is 4.79 Å². The molecule has 1 saturated carbocycles. The molecule has 0 radical (unpaired) electrons. The van der Waals surface area contributed by atoms with Crippen LogP contribution in [0.4, 0.5) is 5.69 Å². The van der Waals surface area contributed by atoms with Crippen LogP contribution >= 0.6 is 0 Å². The Hall–Kier alpha value is -2.44. The number of esters is 1. The van der Waals surface area contributed by atoms with E-state index >= 15 is 0 Å². The molecule has 0 bridgehead atoms. The predicted octanol–water partition coefficient (Wildman–Crippen LogP) is 2.90. The fourth-order valence-electron chi connectivity index (χ4n) is 2.78. The van der Waals surface area contributed by atoms with Crippen LogP contribution in [0.3, 0.4) is 0 Å². The number of rotatable bonds is 5. The number of nitrogens with one attached hydrogen (secondary N) is 1. The van der Waals surface area contributed by atoms with Gasteiger partial charge in [0.15, 0.2) is 6.10 Å². The zero-order valence-corrected chi connectivity index (χ0v) is 13.9. The van der Waals surface area contributed by atoms with Crippen LogP contribution in [0.15, 0.2) is 18.2 Å². The average Bonchev–Trinajstić information content (AvgIpc) is 2.55. The molecular weight excluding hydrogens is 312 g/mol. The van der Waals surface area contributed by atoms with Crippen molar-refractivity contribution in [2.45, 2.75) is 58.1 Å². The van der Waals surface area contributed by atoms with Crippen LogP contribution in [-0.2, 0) is 9.53 Å².